The largest absolute Gasteiger partial charge is 0.316 e. The quantitative estimate of drug-likeness (QED) is 0.614. The van der Waals surface area contributed by atoms with E-state index in [4.69, 9.17) is 11.6 Å². The highest BCUT2D eigenvalue weighted by atomic mass is 35.5. The summed E-state index contributed by atoms with van der Waals surface area (Å²) in [4.78, 5) is 0. The van der Waals surface area contributed by atoms with Crippen molar-refractivity contribution < 1.29 is 0 Å². The average molecular weight is 262 g/mol. The molecule has 2 aromatic rings. The monoisotopic (exact) mass is 261 g/mol. The Balaban J connectivity index is 1.95. The van der Waals surface area contributed by atoms with Crippen molar-refractivity contribution in [2.24, 2.45) is 0 Å². The zero-order valence-corrected chi connectivity index (χ0v) is 11.6. The molecule has 0 spiro atoms. The summed E-state index contributed by atoms with van der Waals surface area (Å²) in [6.45, 7) is 4.17. The van der Waals surface area contributed by atoms with Gasteiger partial charge in [-0.05, 0) is 49.2 Å². The summed E-state index contributed by atoms with van der Waals surface area (Å²) in [5.41, 5.74) is 2.71. The molecule has 96 valence electrons. The van der Waals surface area contributed by atoms with Gasteiger partial charge in [0.05, 0.1) is 0 Å². The second-order valence-electron chi connectivity index (χ2n) is 4.73. The van der Waals surface area contributed by atoms with Crippen LogP contribution < -0.4 is 5.32 Å². The second-order valence-corrected chi connectivity index (χ2v) is 5.11. The Hall–Kier alpha value is -1.05. The van der Waals surface area contributed by atoms with Crippen molar-refractivity contribution in [1.29, 1.82) is 0 Å². The molecule has 0 aromatic heterocycles. The highest BCUT2D eigenvalue weighted by Gasteiger charge is 1.97. The van der Waals surface area contributed by atoms with E-state index in [1.807, 2.05) is 0 Å². The fourth-order valence-corrected chi connectivity index (χ4v) is 2.25. The summed E-state index contributed by atoms with van der Waals surface area (Å²) >= 11 is 5.64. The zero-order chi connectivity index (χ0) is 12.8. The van der Waals surface area contributed by atoms with E-state index in [0.29, 0.717) is 0 Å². The van der Waals surface area contributed by atoms with E-state index in [9.17, 15) is 0 Å². The van der Waals surface area contributed by atoms with Crippen LogP contribution in [0.25, 0.3) is 10.8 Å². The lowest BCUT2D eigenvalue weighted by Gasteiger charge is -2.06. The van der Waals surface area contributed by atoms with Gasteiger partial charge in [0.1, 0.15) is 0 Å². The third-order valence-electron chi connectivity index (χ3n) is 3.14. The summed E-state index contributed by atoms with van der Waals surface area (Å²) in [7, 11) is 0. The standard InChI is InChI=1S/C16H20ClN/c1-13-3-5-16-12-14(4-6-15(16)11-13)7-10-18-9-2-8-17/h3-6,11-12,18H,2,7-10H2,1H3. The molecule has 0 atom stereocenters. The van der Waals surface area contributed by atoms with Crippen LogP contribution in [0, 0.1) is 6.92 Å². The van der Waals surface area contributed by atoms with Gasteiger partial charge >= 0.3 is 0 Å². The maximum Gasteiger partial charge on any atom is 0.0235 e. The smallest absolute Gasteiger partial charge is 0.0235 e. The van der Waals surface area contributed by atoms with Crippen LogP contribution >= 0.6 is 11.6 Å². The van der Waals surface area contributed by atoms with E-state index in [-0.39, 0.29) is 0 Å². The van der Waals surface area contributed by atoms with Gasteiger partial charge in [-0.3, -0.25) is 0 Å². The van der Waals surface area contributed by atoms with Crippen LogP contribution in [0.3, 0.4) is 0 Å². The number of benzene rings is 2. The van der Waals surface area contributed by atoms with Crippen molar-refractivity contribution in [3.8, 4) is 0 Å². The van der Waals surface area contributed by atoms with Gasteiger partial charge in [0.2, 0.25) is 0 Å². The summed E-state index contributed by atoms with van der Waals surface area (Å²) in [6, 6.07) is 13.3. The number of aryl methyl sites for hydroxylation is 1. The second kappa shape index (κ2) is 6.77. The molecule has 0 aliphatic rings. The number of hydrogen-bond acceptors (Lipinski definition) is 1. The van der Waals surface area contributed by atoms with Crippen LogP contribution in [0.4, 0.5) is 0 Å². The molecule has 1 nitrogen and oxygen atoms in total. The van der Waals surface area contributed by atoms with Crippen molar-refractivity contribution in [3.63, 3.8) is 0 Å². The molecule has 0 heterocycles. The molecule has 2 heteroatoms. The van der Waals surface area contributed by atoms with Crippen molar-refractivity contribution >= 4 is 22.4 Å². The summed E-state index contributed by atoms with van der Waals surface area (Å²) < 4.78 is 0. The molecular weight excluding hydrogens is 242 g/mol. The van der Waals surface area contributed by atoms with Crippen LogP contribution in [0.15, 0.2) is 36.4 Å². The highest BCUT2D eigenvalue weighted by molar-refractivity contribution is 6.17. The average Bonchev–Trinajstić information content (AvgIpc) is 2.38. The van der Waals surface area contributed by atoms with E-state index < -0.39 is 0 Å². The van der Waals surface area contributed by atoms with Gasteiger partial charge in [-0.1, -0.05) is 42.0 Å². The van der Waals surface area contributed by atoms with E-state index in [1.54, 1.807) is 0 Å². The maximum atomic E-state index is 5.64. The van der Waals surface area contributed by atoms with Crippen molar-refractivity contribution in [1.82, 2.24) is 5.32 Å². The molecule has 2 rings (SSSR count). The molecular formula is C16H20ClN. The summed E-state index contributed by atoms with van der Waals surface area (Å²) in [5.74, 6) is 0.738. The van der Waals surface area contributed by atoms with Gasteiger partial charge in [-0.25, -0.2) is 0 Å². The van der Waals surface area contributed by atoms with Crippen molar-refractivity contribution in [2.75, 3.05) is 19.0 Å². The third kappa shape index (κ3) is 3.72. The van der Waals surface area contributed by atoms with Gasteiger partial charge in [0.25, 0.3) is 0 Å². The molecule has 1 N–H and O–H groups in total. The van der Waals surface area contributed by atoms with E-state index >= 15 is 0 Å². The molecule has 0 aliphatic carbocycles. The summed E-state index contributed by atoms with van der Waals surface area (Å²) in [5, 5.41) is 6.07. The molecule has 2 aromatic carbocycles. The predicted octanol–water partition coefficient (Wildman–Crippen LogP) is 3.91. The van der Waals surface area contributed by atoms with Crippen LogP contribution in [0.1, 0.15) is 17.5 Å². The number of hydrogen-bond donors (Lipinski definition) is 1. The predicted molar refractivity (Wildman–Crippen MR) is 80.6 cm³/mol. The van der Waals surface area contributed by atoms with Crippen LogP contribution in [0.5, 0.6) is 0 Å². The Morgan fingerprint density at radius 3 is 2.61 bits per heavy atom. The molecule has 0 bridgehead atoms. The Labute approximate surface area is 114 Å². The number of nitrogens with one attached hydrogen (secondary N) is 1. The number of halogens is 1. The topological polar surface area (TPSA) is 12.0 Å². The fraction of sp³-hybridized carbons (Fsp3) is 0.375. The molecule has 0 saturated heterocycles. The molecule has 0 amide bonds. The first-order chi connectivity index (χ1) is 8.79. The van der Waals surface area contributed by atoms with Crippen molar-refractivity contribution in [2.45, 2.75) is 19.8 Å². The van der Waals surface area contributed by atoms with Crippen LogP contribution in [-0.4, -0.2) is 19.0 Å². The Bertz CT molecular complexity index is 507. The van der Waals surface area contributed by atoms with E-state index in [0.717, 1.165) is 31.8 Å². The lowest BCUT2D eigenvalue weighted by molar-refractivity contribution is 0.673. The van der Waals surface area contributed by atoms with Crippen molar-refractivity contribution in [3.05, 3.63) is 47.5 Å². The molecule has 0 saturated carbocycles. The molecule has 0 radical (unpaired) electrons. The van der Waals surface area contributed by atoms with E-state index in [1.165, 1.54) is 21.9 Å². The minimum Gasteiger partial charge on any atom is -0.316 e. The van der Waals surface area contributed by atoms with Gasteiger partial charge in [0.15, 0.2) is 0 Å². The third-order valence-corrected chi connectivity index (χ3v) is 3.41. The number of rotatable bonds is 6. The highest BCUT2D eigenvalue weighted by Crippen LogP contribution is 2.17. The SMILES string of the molecule is Cc1ccc2cc(CCNCCCCl)ccc2c1. The van der Waals surface area contributed by atoms with Gasteiger partial charge < -0.3 is 5.32 Å². The fourth-order valence-electron chi connectivity index (χ4n) is 2.12. The normalized spacial score (nSPS) is 11.0. The van der Waals surface area contributed by atoms with Gasteiger partial charge in [0, 0.05) is 5.88 Å². The van der Waals surface area contributed by atoms with Crippen LogP contribution in [-0.2, 0) is 6.42 Å². The lowest BCUT2D eigenvalue weighted by Crippen LogP contribution is -2.18. The number of alkyl halides is 1. The van der Waals surface area contributed by atoms with Gasteiger partial charge in [-0.15, -0.1) is 11.6 Å². The minimum atomic E-state index is 0.738. The maximum absolute atomic E-state index is 5.64. The van der Waals surface area contributed by atoms with E-state index in [2.05, 4.69) is 48.6 Å². The molecule has 0 fully saturated rings. The summed E-state index contributed by atoms with van der Waals surface area (Å²) in [6.07, 6.45) is 2.12. The first-order valence-corrected chi connectivity index (χ1v) is 7.09. The van der Waals surface area contributed by atoms with Gasteiger partial charge in [-0.2, -0.15) is 0 Å². The lowest BCUT2D eigenvalue weighted by atomic mass is 10.0. The molecule has 0 aliphatic heterocycles. The number of fused-ring (bicyclic) bond motifs is 1. The molecule has 18 heavy (non-hydrogen) atoms. The Kier molecular flexibility index (Phi) is 5.03. The van der Waals surface area contributed by atoms with Crippen LogP contribution in [0.2, 0.25) is 0 Å². The zero-order valence-electron chi connectivity index (χ0n) is 10.9. The minimum absolute atomic E-state index is 0.738. The Morgan fingerprint density at radius 2 is 1.78 bits per heavy atom. The Morgan fingerprint density at radius 1 is 1.00 bits per heavy atom. The molecule has 0 unspecified atom stereocenters. The first kappa shape index (κ1) is 13.4. The first-order valence-electron chi connectivity index (χ1n) is 6.55.